The average molecular weight is 453 g/mol. The molecule has 0 saturated heterocycles. The van der Waals surface area contributed by atoms with Gasteiger partial charge in [-0.2, -0.15) is 0 Å². The molecule has 0 aliphatic carbocycles. The second kappa shape index (κ2) is 11.0. The zero-order valence-electron chi connectivity index (χ0n) is 19.6. The van der Waals surface area contributed by atoms with Crippen LogP contribution in [0, 0.1) is 10.8 Å². The number of rotatable bonds is 11. The maximum absolute atomic E-state index is 13.3. The van der Waals surface area contributed by atoms with E-state index in [1.54, 1.807) is 48.3 Å². The van der Waals surface area contributed by atoms with E-state index in [0.717, 1.165) is 23.9 Å². The molecule has 1 aromatic carbocycles. The minimum absolute atomic E-state index is 0.00115. The van der Waals surface area contributed by atoms with Gasteiger partial charge in [-0.25, -0.2) is 4.98 Å². The van der Waals surface area contributed by atoms with E-state index in [2.05, 4.69) is 10.3 Å². The number of hydrogen-bond donors (Lipinski definition) is 3. The van der Waals surface area contributed by atoms with Crippen LogP contribution in [0.1, 0.15) is 47.4 Å². The van der Waals surface area contributed by atoms with Crippen molar-refractivity contribution in [3.63, 3.8) is 0 Å². The molecule has 2 heterocycles. The second-order valence-corrected chi connectivity index (χ2v) is 7.90. The highest BCUT2D eigenvalue weighted by Crippen LogP contribution is 2.33. The van der Waals surface area contributed by atoms with E-state index in [1.807, 2.05) is 19.9 Å². The van der Waals surface area contributed by atoms with E-state index in [1.165, 1.54) is 0 Å². The summed E-state index contributed by atoms with van der Waals surface area (Å²) in [7, 11) is 3.25. The van der Waals surface area contributed by atoms with Gasteiger partial charge in [-0.1, -0.05) is 13.0 Å². The van der Waals surface area contributed by atoms with Crippen LogP contribution in [0.5, 0.6) is 5.75 Å². The molecule has 1 aromatic heterocycles. The number of carbonyl (C=O) groups excluding carboxylic acids is 1. The molecule has 1 amide bonds. The molecule has 0 saturated carbocycles. The zero-order chi connectivity index (χ0) is 24.0. The maximum atomic E-state index is 13.3. The Morgan fingerprint density at radius 3 is 2.82 bits per heavy atom. The van der Waals surface area contributed by atoms with Gasteiger partial charge >= 0.3 is 0 Å². The molecule has 33 heavy (non-hydrogen) atoms. The standard InChI is InChI=1S/C24H32N6O3/c1-5-16(2)30(15-25)23(26)21-7-6-8-22(28-21)29-14-20-17(13-27-9-10-32-3)11-18(33-4)12-19(20)24(29)31/h6-8,11-12,15-16,25-27H,5,9-10,13-14H2,1-4H3. The predicted molar refractivity (Wildman–Crippen MR) is 129 cm³/mol. The minimum Gasteiger partial charge on any atom is -0.497 e. The van der Waals surface area contributed by atoms with Crippen LogP contribution in [-0.2, 0) is 17.8 Å². The summed E-state index contributed by atoms with van der Waals surface area (Å²) in [6.45, 7) is 6.25. The largest absolute Gasteiger partial charge is 0.497 e. The summed E-state index contributed by atoms with van der Waals surface area (Å²) >= 11 is 0. The van der Waals surface area contributed by atoms with Crippen LogP contribution >= 0.6 is 0 Å². The molecule has 0 spiro atoms. The topological polar surface area (TPSA) is 115 Å². The monoisotopic (exact) mass is 452 g/mol. The van der Waals surface area contributed by atoms with Gasteiger partial charge in [-0.05, 0) is 48.7 Å². The van der Waals surface area contributed by atoms with Crippen LogP contribution in [0.15, 0.2) is 30.3 Å². The number of carbonyl (C=O) groups is 1. The van der Waals surface area contributed by atoms with E-state index in [4.69, 9.17) is 20.3 Å². The van der Waals surface area contributed by atoms with Crippen LogP contribution < -0.4 is 15.0 Å². The first kappa shape index (κ1) is 24.3. The fourth-order valence-electron chi connectivity index (χ4n) is 3.76. The molecular formula is C24H32N6O3. The third-order valence-electron chi connectivity index (χ3n) is 5.86. The first-order valence-corrected chi connectivity index (χ1v) is 11.0. The molecule has 1 aliphatic rings. The van der Waals surface area contributed by atoms with Gasteiger partial charge in [0.05, 0.1) is 26.6 Å². The summed E-state index contributed by atoms with van der Waals surface area (Å²) in [5.41, 5.74) is 2.95. The summed E-state index contributed by atoms with van der Waals surface area (Å²) in [5, 5.41) is 19.6. The lowest BCUT2D eigenvalue weighted by molar-refractivity contribution is 0.0995. The average Bonchev–Trinajstić information content (AvgIpc) is 3.18. The molecule has 176 valence electrons. The summed E-state index contributed by atoms with van der Waals surface area (Å²) < 4.78 is 10.5. The van der Waals surface area contributed by atoms with Crippen LogP contribution in [-0.4, -0.2) is 61.4 Å². The molecule has 1 unspecified atom stereocenters. The molecule has 0 fully saturated rings. The van der Waals surface area contributed by atoms with Gasteiger partial charge in [-0.15, -0.1) is 0 Å². The number of methoxy groups -OCH3 is 2. The molecule has 9 heteroatoms. The number of pyridine rings is 1. The Balaban J connectivity index is 1.89. The van der Waals surface area contributed by atoms with Crippen LogP contribution in [0.25, 0.3) is 0 Å². The quantitative estimate of drug-likeness (QED) is 0.274. The normalized spacial score (nSPS) is 13.6. The van der Waals surface area contributed by atoms with Gasteiger partial charge in [0.1, 0.15) is 17.3 Å². The van der Waals surface area contributed by atoms with Crippen molar-refractivity contribution in [3.05, 3.63) is 52.7 Å². The number of ether oxygens (including phenoxy) is 2. The number of anilines is 1. The van der Waals surface area contributed by atoms with Crippen LogP contribution in [0.4, 0.5) is 5.82 Å². The molecule has 0 radical (unpaired) electrons. The van der Waals surface area contributed by atoms with Gasteiger partial charge in [0, 0.05) is 31.8 Å². The molecule has 3 N–H and O–H groups in total. The molecule has 1 atom stereocenters. The third kappa shape index (κ3) is 5.20. The van der Waals surface area contributed by atoms with Crippen molar-refractivity contribution in [3.8, 4) is 5.75 Å². The van der Waals surface area contributed by atoms with Gasteiger partial charge in [-0.3, -0.25) is 20.5 Å². The highest BCUT2D eigenvalue weighted by atomic mass is 16.5. The van der Waals surface area contributed by atoms with Crippen molar-refractivity contribution in [2.45, 2.75) is 39.4 Å². The van der Waals surface area contributed by atoms with E-state index in [0.29, 0.717) is 49.1 Å². The Bertz CT molecular complexity index is 1030. The number of aromatic nitrogens is 1. The summed E-state index contributed by atoms with van der Waals surface area (Å²) in [4.78, 5) is 21.1. The Kier molecular flexibility index (Phi) is 8.13. The Morgan fingerprint density at radius 1 is 1.36 bits per heavy atom. The van der Waals surface area contributed by atoms with E-state index < -0.39 is 0 Å². The predicted octanol–water partition coefficient (Wildman–Crippen LogP) is 3.02. The number of hydrogen-bond acceptors (Lipinski definition) is 7. The van der Waals surface area contributed by atoms with E-state index in [9.17, 15) is 4.79 Å². The number of amides is 1. The van der Waals surface area contributed by atoms with Crippen LogP contribution in [0.2, 0.25) is 0 Å². The third-order valence-corrected chi connectivity index (χ3v) is 5.86. The van der Waals surface area contributed by atoms with Crippen molar-refractivity contribution in [2.24, 2.45) is 0 Å². The number of benzene rings is 1. The number of nitrogens with zero attached hydrogens (tertiary/aromatic N) is 3. The van der Waals surface area contributed by atoms with Crippen molar-refractivity contribution in [2.75, 3.05) is 32.3 Å². The lowest BCUT2D eigenvalue weighted by Gasteiger charge is -2.26. The fraction of sp³-hybridized carbons (Fsp3) is 0.417. The lowest BCUT2D eigenvalue weighted by Crippen LogP contribution is -2.37. The zero-order valence-corrected chi connectivity index (χ0v) is 19.6. The summed E-state index contributed by atoms with van der Waals surface area (Å²) in [6, 6.07) is 9.00. The molecule has 3 rings (SSSR count). The Labute approximate surface area is 194 Å². The molecule has 1 aliphatic heterocycles. The van der Waals surface area contributed by atoms with E-state index >= 15 is 0 Å². The summed E-state index contributed by atoms with van der Waals surface area (Å²) in [5.74, 6) is 1.09. The van der Waals surface area contributed by atoms with Gasteiger partial charge < -0.3 is 19.7 Å². The second-order valence-electron chi connectivity index (χ2n) is 7.90. The number of amidine groups is 1. The van der Waals surface area contributed by atoms with Gasteiger partial charge in [0.15, 0.2) is 5.84 Å². The smallest absolute Gasteiger partial charge is 0.260 e. The molecule has 9 nitrogen and oxygen atoms in total. The van der Waals surface area contributed by atoms with Gasteiger partial charge in [0.25, 0.3) is 5.91 Å². The van der Waals surface area contributed by atoms with Crippen molar-refractivity contribution < 1.29 is 14.3 Å². The highest BCUT2D eigenvalue weighted by Gasteiger charge is 2.32. The maximum Gasteiger partial charge on any atom is 0.260 e. The highest BCUT2D eigenvalue weighted by molar-refractivity contribution is 6.10. The number of nitrogens with one attached hydrogen (secondary N) is 3. The SMILES string of the molecule is CCC(C)N(C=N)C(=N)c1cccc(N2Cc3c(CNCCOC)cc(OC)cc3C2=O)n1. The van der Waals surface area contributed by atoms with Crippen molar-refractivity contribution in [1.82, 2.24) is 15.2 Å². The Hall–Kier alpha value is -3.30. The first-order valence-electron chi connectivity index (χ1n) is 11.0. The van der Waals surface area contributed by atoms with E-state index in [-0.39, 0.29) is 17.8 Å². The van der Waals surface area contributed by atoms with Crippen molar-refractivity contribution >= 4 is 23.9 Å². The molecule has 0 bridgehead atoms. The minimum atomic E-state index is -0.149. The lowest BCUT2D eigenvalue weighted by atomic mass is 10.0. The van der Waals surface area contributed by atoms with Gasteiger partial charge in [0.2, 0.25) is 0 Å². The Morgan fingerprint density at radius 2 is 2.15 bits per heavy atom. The number of fused-ring (bicyclic) bond motifs is 1. The van der Waals surface area contributed by atoms with Crippen molar-refractivity contribution in [1.29, 1.82) is 10.8 Å². The molecular weight excluding hydrogens is 420 g/mol. The fourth-order valence-corrected chi connectivity index (χ4v) is 3.76. The summed E-state index contributed by atoms with van der Waals surface area (Å²) in [6.07, 6.45) is 1.94. The molecule has 2 aromatic rings. The van der Waals surface area contributed by atoms with Crippen LogP contribution in [0.3, 0.4) is 0 Å². The first-order chi connectivity index (χ1) is 15.9.